The Kier molecular flexibility index (Phi) is 6.38. The van der Waals surface area contributed by atoms with E-state index in [-0.39, 0.29) is 52.7 Å². The van der Waals surface area contributed by atoms with Gasteiger partial charge in [-0.05, 0) is 110 Å². The maximum atomic E-state index is 9.79. The maximum Gasteiger partial charge on any atom is 0.0645 e. The van der Waals surface area contributed by atoms with Crippen molar-refractivity contribution in [3.8, 4) is 39.1 Å². The van der Waals surface area contributed by atoms with Gasteiger partial charge in [-0.15, -0.1) is 0 Å². The Morgan fingerprint density at radius 3 is 1.91 bits per heavy atom. The third kappa shape index (κ3) is 5.74. The fourth-order valence-electron chi connectivity index (χ4n) is 8.32. The topological polar surface area (TPSA) is 8.17 Å². The second-order valence-corrected chi connectivity index (χ2v) is 14.3. The van der Waals surface area contributed by atoms with Crippen LogP contribution in [0, 0.1) is 0 Å². The molecule has 0 aliphatic carbocycles. The van der Waals surface area contributed by atoms with Crippen LogP contribution in [0.5, 0.6) is 0 Å². The van der Waals surface area contributed by atoms with E-state index in [0.717, 1.165) is 60.2 Å². The predicted molar refractivity (Wildman–Crippen MR) is 247 cm³/mol. The molecule has 0 aliphatic rings. The Morgan fingerprint density at radius 2 is 1.05 bits per heavy atom. The first kappa shape index (κ1) is 26.2. The van der Waals surface area contributed by atoms with Crippen LogP contribution in [0.4, 0.5) is 17.1 Å². The highest BCUT2D eigenvalue weighted by Crippen LogP contribution is 2.44. The van der Waals surface area contributed by atoms with E-state index >= 15 is 0 Å². The molecule has 0 saturated carbocycles. The lowest BCUT2D eigenvalue weighted by Gasteiger charge is -2.28. The number of nitrogens with zero attached hydrogens (tertiary/aromatic N) is 2. The normalized spacial score (nSPS) is 13.4. The van der Waals surface area contributed by atoms with Crippen LogP contribution in [-0.4, -0.2) is 4.57 Å². The molecule has 11 aromatic rings. The van der Waals surface area contributed by atoms with E-state index in [1.54, 1.807) is 30.3 Å². The zero-order valence-electron chi connectivity index (χ0n) is 39.2. The highest BCUT2D eigenvalue weighted by Gasteiger charge is 2.20. The Bertz CT molecular complexity index is 3730. The monoisotopic (exact) mass is 746 g/mol. The molecule has 0 bridgehead atoms. The molecular weight excluding hydrogens is 701 g/mol. The molecule has 0 amide bonds. The summed E-state index contributed by atoms with van der Waals surface area (Å²) in [5.41, 5.74) is 6.21. The van der Waals surface area contributed by atoms with Crippen molar-refractivity contribution in [2.45, 2.75) is 0 Å². The highest BCUT2D eigenvalue weighted by atomic mass is 15.1. The smallest absolute Gasteiger partial charge is 0.0645 e. The largest absolute Gasteiger partial charge is 0.310 e. The molecular formula is C56H38N2. The van der Waals surface area contributed by atoms with Gasteiger partial charge < -0.3 is 9.47 Å². The number of rotatable bonds is 7. The molecule has 2 nitrogen and oxygen atoms in total. The minimum atomic E-state index is -0.495. The quantitative estimate of drug-likeness (QED) is 0.147. The number of benzene rings is 10. The van der Waals surface area contributed by atoms with E-state index in [9.17, 15) is 8.22 Å². The lowest BCUT2D eigenvalue weighted by atomic mass is 9.96. The summed E-state index contributed by atoms with van der Waals surface area (Å²) < 4.78 is 77.7. The van der Waals surface area contributed by atoms with E-state index in [4.69, 9.17) is 2.74 Å². The second-order valence-electron chi connectivity index (χ2n) is 14.3. The number of para-hydroxylation sites is 3. The Balaban J connectivity index is 1.18. The van der Waals surface area contributed by atoms with Crippen LogP contribution < -0.4 is 4.90 Å². The lowest BCUT2D eigenvalue weighted by Crippen LogP contribution is -2.11. The fourth-order valence-corrected chi connectivity index (χ4v) is 8.32. The van der Waals surface area contributed by atoms with Crippen LogP contribution in [0.15, 0.2) is 230 Å². The molecule has 0 saturated heterocycles. The van der Waals surface area contributed by atoms with Crippen LogP contribution in [-0.2, 0) is 0 Å². The average molecular weight is 747 g/mol. The standard InChI is InChI=1S/C56H38N2/c1-3-15-40(16-4-1)50-23-9-11-26-53(50)57(46-34-31-39(32-35-46)42-33-36-49-44(37-42)30-29-41-17-7-8-22-48(41)49)47-21-13-18-43(38-47)51-25-14-28-55-56(51)52-24-10-12-27-54(52)58(55)45-19-5-2-6-20-45/h1-38H/i9D,11D,23D,26D,31D,32D,34D,35D. The Hall–Kier alpha value is -7.68. The number of anilines is 3. The van der Waals surface area contributed by atoms with Crippen molar-refractivity contribution >= 4 is 60.4 Å². The van der Waals surface area contributed by atoms with Crippen molar-refractivity contribution in [2.75, 3.05) is 4.90 Å². The molecule has 0 aliphatic heterocycles. The van der Waals surface area contributed by atoms with Crippen LogP contribution in [0.2, 0.25) is 0 Å². The third-order valence-electron chi connectivity index (χ3n) is 11.0. The molecule has 2 heteroatoms. The summed E-state index contributed by atoms with van der Waals surface area (Å²) in [5.74, 6) is 0. The summed E-state index contributed by atoms with van der Waals surface area (Å²) in [7, 11) is 0. The zero-order valence-corrected chi connectivity index (χ0v) is 31.2. The summed E-state index contributed by atoms with van der Waals surface area (Å²) in [6.45, 7) is 0. The van der Waals surface area contributed by atoms with E-state index in [2.05, 4.69) is 41.0 Å². The first-order chi connectivity index (χ1) is 32.1. The van der Waals surface area contributed by atoms with Gasteiger partial charge in [-0.2, -0.15) is 0 Å². The van der Waals surface area contributed by atoms with Gasteiger partial charge in [-0.3, -0.25) is 0 Å². The van der Waals surface area contributed by atoms with Gasteiger partial charge in [-0.25, -0.2) is 0 Å². The summed E-state index contributed by atoms with van der Waals surface area (Å²) in [6, 6.07) is 55.9. The van der Waals surface area contributed by atoms with Gasteiger partial charge in [-0.1, -0.05) is 170 Å². The molecule has 10 aromatic carbocycles. The highest BCUT2D eigenvalue weighted by molar-refractivity contribution is 6.16. The van der Waals surface area contributed by atoms with Gasteiger partial charge in [0.15, 0.2) is 0 Å². The predicted octanol–water partition coefficient (Wildman–Crippen LogP) is 15.6. The molecule has 0 atom stereocenters. The van der Waals surface area contributed by atoms with Gasteiger partial charge in [0.05, 0.1) is 27.7 Å². The number of hydrogen-bond donors (Lipinski definition) is 0. The van der Waals surface area contributed by atoms with Crippen molar-refractivity contribution < 1.29 is 11.0 Å². The molecule has 272 valence electrons. The van der Waals surface area contributed by atoms with Gasteiger partial charge in [0.1, 0.15) is 0 Å². The maximum absolute atomic E-state index is 9.79. The number of aromatic nitrogens is 1. The fraction of sp³-hybridized carbons (Fsp3) is 0. The van der Waals surface area contributed by atoms with E-state index in [1.807, 2.05) is 115 Å². The molecule has 1 heterocycles. The van der Waals surface area contributed by atoms with Crippen LogP contribution in [0.1, 0.15) is 11.0 Å². The molecule has 11 rings (SSSR count). The van der Waals surface area contributed by atoms with Gasteiger partial charge in [0, 0.05) is 33.4 Å². The van der Waals surface area contributed by atoms with E-state index < -0.39 is 18.1 Å². The van der Waals surface area contributed by atoms with Crippen molar-refractivity contribution in [3.05, 3.63) is 230 Å². The van der Waals surface area contributed by atoms with Crippen LogP contribution >= 0.6 is 0 Å². The number of hydrogen-bond acceptors (Lipinski definition) is 1. The van der Waals surface area contributed by atoms with Gasteiger partial charge >= 0.3 is 0 Å². The Morgan fingerprint density at radius 1 is 0.379 bits per heavy atom. The first-order valence-corrected chi connectivity index (χ1v) is 19.3. The molecule has 1 aromatic heterocycles. The van der Waals surface area contributed by atoms with Gasteiger partial charge in [0.25, 0.3) is 0 Å². The molecule has 0 N–H and O–H groups in total. The van der Waals surface area contributed by atoms with E-state index in [0.29, 0.717) is 16.8 Å². The first-order valence-electron chi connectivity index (χ1n) is 23.3. The molecule has 0 radical (unpaired) electrons. The third-order valence-corrected chi connectivity index (χ3v) is 11.0. The number of fused-ring (bicyclic) bond motifs is 6. The molecule has 58 heavy (non-hydrogen) atoms. The van der Waals surface area contributed by atoms with Crippen LogP contribution in [0.25, 0.3) is 82.4 Å². The summed E-state index contributed by atoms with van der Waals surface area (Å²) >= 11 is 0. The summed E-state index contributed by atoms with van der Waals surface area (Å²) in [4.78, 5) is 1.49. The van der Waals surface area contributed by atoms with E-state index in [1.165, 1.54) is 4.90 Å². The van der Waals surface area contributed by atoms with Crippen molar-refractivity contribution in [1.82, 2.24) is 4.57 Å². The molecule has 0 fully saturated rings. The summed E-state index contributed by atoms with van der Waals surface area (Å²) in [6.07, 6.45) is 0. The second kappa shape index (κ2) is 14.1. The van der Waals surface area contributed by atoms with Crippen LogP contribution in [0.3, 0.4) is 0 Å². The lowest BCUT2D eigenvalue weighted by molar-refractivity contribution is 1.18. The molecule has 0 spiro atoms. The van der Waals surface area contributed by atoms with Crippen molar-refractivity contribution in [2.24, 2.45) is 0 Å². The Labute approximate surface area is 349 Å². The van der Waals surface area contributed by atoms with Crippen molar-refractivity contribution in [3.63, 3.8) is 0 Å². The van der Waals surface area contributed by atoms with Crippen molar-refractivity contribution in [1.29, 1.82) is 0 Å². The van der Waals surface area contributed by atoms with Gasteiger partial charge in [0.2, 0.25) is 0 Å². The molecule has 0 unspecified atom stereocenters. The summed E-state index contributed by atoms with van der Waals surface area (Å²) in [5, 5.41) is 6.08. The minimum Gasteiger partial charge on any atom is -0.310 e. The SMILES string of the molecule is [2H]c1c([2H])c([2H])c(N(c2cccc(-c3cccc4c3c3ccccc3n4-c3ccccc3)c2)c2c([2H])c([2H])c(-c3ccc4c(ccc5ccccc54)c3)c([2H])c2[2H])c(-c2ccccc2)c1[2H]. The zero-order chi connectivity index (χ0) is 45.4. The average Bonchev–Trinajstić information content (AvgIpc) is 3.70. The minimum absolute atomic E-state index is 0.00521.